The number of hydrogen-bond donors (Lipinski definition) is 0. The number of fused-ring (bicyclic) bond motifs is 1. The standard InChI is InChI=1S/C20H23FN8O2S/c1-3-32(30,31)27-13-20(14-27,4-5-21)29-12-16(10-24-29)19-25-17(15-9-23-26(2)11-15)8-18-22-6-7-28(18)19/h6-12H,3-5,13-14H2,1-2H3. The second kappa shape index (κ2) is 7.48. The van der Waals surface area contributed by atoms with Gasteiger partial charge in [-0.25, -0.2) is 18.4 Å². The van der Waals surface area contributed by atoms with E-state index in [1.54, 1.807) is 41.1 Å². The molecule has 0 amide bonds. The molecule has 0 unspecified atom stereocenters. The van der Waals surface area contributed by atoms with Crippen LogP contribution in [0.3, 0.4) is 0 Å². The van der Waals surface area contributed by atoms with Gasteiger partial charge in [-0.2, -0.15) is 14.5 Å². The third kappa shape index (κ3) is 3.30. The normalized spacial score (nSPS) is 16.5. The Hall–Kier alpha value is -3.12. The number of nitrogens with zero attached hydrogens (tertiary/aromatic N) is 8. The quantitative estimate of drug-likeness (QED) is 0.418. The molecule has 1 aliphatic heterocycles. The maximum absolute atomic E-state index is 13.4. The van der Waals surface area contributed by atoms with Crippen molar-refractivity contribution in [1.29, 1.82) is 0 Å². The van der Waals surface area contributed by atoms with Crippen molar-refractivity contribution >= 4 is 15.7 Å². The third-order valence-electron chi connectivity index (χ3n) is 5.98. The Kier molecular flexibility index (Phi) is 4.86. The molecule has 0 N–H and O–H groups in total. The number of rotatable bonds is 7. The van der Waals surface area contributed by atoms with Gasteiger partial charge < -0.3 is 0 Å². The minimum absolute atomic E-state index is 0.0206. The van der Waals surface area contributed by atoms with Crippen molar-refractivity contribution < 1.29 is 12.8 Å². The molecule has 0 atom stereocenters. The van der Waals surface area contributed by atoms with Crippen molar-refractivity contribution in [3.63, 3.8) is 0 Å². The lowest BCUT2D eigenvalue weighted by Crippen LogP contribution is -2.64. The monoisotopic (exact) mass is 458 g/mol. The van der Waals surface area contributed by atoms with Crippen molar-refractivity contribution in [2.24, 2.45) is 7.05 Å². The molecule has 5 heterocycles. The van der Waals surface area contributed by atoms with Crippen molar-refractivity contribution in [1.82, 2.24) is 38.2 Å². The van der Waals surface area contributed by atoms with Crippen LogP contribution in [-0.2, 0) is 22.6 Å². The summed E-state index contributed by atoms with van der Waals surface area (Å²) in [7, 11) is -1.48. The van der Waals surface area contributed by atoms with E-state index in [4.69, 9.17) is 4.98 Å². The van der Waals surface area contributed by atoms with Gasteiger partial charge in [0.2, 0.25) is 10.0 Å². The third-order valence-corrected chi connectivity index (χ3v) is 7.75. The first-order valence-electron chi connectivity index (χ1n) is 10.3. The van der Waals surface area contributed by atoms with E-state index in [-0.39, 0.29) is 25.3 Å². The average molecular weight is 459 g/mol. The van der Waals surface area contributed by atoms with Gasteiger partial charge in [-0.15, -0.1) is 0 Å². The predicted octanol–water partition coefficient (Wildman–Crippen LogP) is 1.71. The highest BCUT2D eigenvalue weighted by Gasteiger charge is 2.49. The summed E-state index contributed by atoms with van der Waals surface area (Å²) in [6.07, 6.45) is 10.8. The number of imidazole rings is 1. The van der Waals surface area contributed by atoms with Gasteiger partial charge >= 0.3 is 0 Å². The fraction of sp³-hybridized carbons (Fsp3) is 0.400. The van der Waals surface area contributed by atoms with Gasteiger partial charge in [-0.05, 0) is 6.92 Å². The number of alkyl halides is 1. The number of halogens is 1. The minimum atomic E-state index is -3.32. The van der Waals surface area contributed by atoms with Crippen LogP contribution >= 0.6 is 0 Å². The smallest absolute Gasteiger partial charge is 0.213 e. The first-order valence-corrected chi connectivity index (χ1v) is 11.9. The lowest BCUT2D eigenvalue weighted by atomic mass is 9.89. The SMILES string of the molecule is CCS(=O)(=O)N1CC(CCF)(n2cc(-c3nc(-c4cnn(C)c4)cc4nccn34)cn2)C1. The maximum Gasteiger partial charge on any atom is 0.213 e. The van der Waals surface area contributed by atoms with Crippen LogP contribution in [0.2, 0.25) is 0 Å². The Morgan fingerprint density at radius 3 is 2.62 bits per heavy atom. The van der Waals surface area contributed by atoms with E-state index in [1.165, 1.54) is 4.31 Å². The van der Waals surface area contributed by atoms with Crippen molar-refractivity contribution in [2.45, 2.75) is 18.9 Å². The second-order valence-electron chi connectivity index (χ2n) is 8.03. The largest absolute Gasteiger partial charge is 0.284 e. The molecule has 0 aliphatic carbocycles. The molecule has 1 fully saturated rings. The molecule has 4 aromatic heterocycles. The Morgan fingerprint density at radius 2 is 1.94 bits per heavy atom. The molecule has 1 saturated heterocycles. The minimum Gasteiger partial charge on any atom is -0.284 e. The van der Waals surface area contributed by atoms with Gasteiger partial charge in [0.1, 0.15) is 11.5 Å². The van der Waals surface area contributed by atoms with Gasteiger partial charge in [0, 0.05) is 63.0 Å². The number of sulfonamides is 1. The fourth-order valence-corrected chi connectivity index (χ4v) is 5.35. The van der Waals surface area contributed by atoms with Crippen molar-refractivity contribution in [3.05, 3.63) is 43.2 Å². The number of hydrogen-bond acceptors (Lipinski definition) is 6. The zero-order valence-electron chi connectivity index (χ0n) is 17.8. The summed E-state index contributed by atoms with van der Waals surface area (Å²) < 4.78 is 44.4. The van der Waals surface area contributed by atoms with Crippen LogP contribution in [-0.4, -0.2) is 72.2 Å². The fourth-order valence-electron chi connectivity index (χ4n) is 4.11. The first-order chi connectivity index (χ1) is 15.3. The lowest BCUT2D eigenvalue weighted by molar-refractivity contribution is 0.0516. The molecule has 5 rings (SSSR count). The van der Waals surface area contributed by atoms with Crippen LogP contribution in [0, 0.1) is 0 Å². The highest BCUT2D eigenvalue weighted by Crippen LogP contribution is 2.36. The lowest BCUT2D eigenvalue weighted by Gasteiger charge is -2.48. The molecule has 1 aliphatic rings. The molecule has 4 aromatic rings. The second-order valence-corrected chi connectivity index (χ2v) is 10.3. The summed E-state index contributed by atoms with van der Waals surface area (Å²) in [5.74, 6) is 0.657. The van der Waals surface area contributed by atoms with Gasteiger partial charge in [0.15, 0.2) is 0 Å². The summed E-state index contributed by atoms with van der Waals surface area (Å²) in [5.41, 5.74) is 2.34. The summed E-state index contributed by atoms with van der Waals surface area (Å²) in [6, 6.07) is 1.88. The predicted molar refractivity (Wildman–Crippen MR) is 116 cm³/mol. The van der Waals surface area contributed by atoms with Crippen LogP contribution in [0.15, 0.2) is 43.2 Å². The van der Waals surface area contributed by atoms with Crippen LogP contribution in [0.4, 0.5) is 4.39 Å². The van der Waals surface area contributed by atoms with E-state index in [0.29, 0.717) is 5.82 Å². The van der Waals surface area contributed by atoms with Crippen LogP contribution in [0.5, 0.6) is 0 Å². The number of aromatic nitrogens is 7. The van der Waals surface area contributed by atoms with Crippen molar-refractivity contribution in [3.8, 4) is 22.6 Å². The van der Waals surface area contributed by atoms with Gasteiger partial charge in [0.25, 0.3) is 0 Å². The maximum atomic E-state index is 13.4. The van der Waals surface area contributed by atoms with Gasteiger partial charge in [-0.3, -0.25) is 18.2 Å². The van der Waals surface area contributed by atoms with E-state index in [9.17, 15) is 12.8 Å². The molecule has 0 bridgehead atoms. The van der Waals surface area contributed by atoms with E-state index < -0.39 is 22.2 Å². The molecule has 10 nitrogen and oxygen atoms in total. The Labute approximate surface area is 184 Å². The van der Waals surface area contributed by atoms with E-state index in [2.05, 4.69) is 15.2 Å². The Balaban J connectivity index is 1.54. The number of aryl methyl sites for hydroxylation is 1. The van der Waals surface area contributed by atoms with Gasteiger partial charge in [-0.1, -0.05) is 0 Å². The topological polar surface area (TPSA) is 103 Å². The zero-order valence-corrected chi connectivity index (χ0v) is 18.6. The summed E-state index contributed by atoms with van der Waals surface area (Å²) in [5, 5.41) is 8.70. The molecule has 32 heavy (non-hydrogen) atoms. The zero-order chi connectivity index (χ0) is 22.5. The van der Waals surface area contributed by atoms with Gasteiger partial charge in [0.05, 0.1) is 41.6 Å². The molecule has 168 valence electrons. The highest BCUT2D eigenvalue weighted by molar-refractivity contribution is 7.89. The van der Waals surface area contributed by atoms with E-state index in [0.717, 1.165) is 22.5 Å². The summed E-state index contributed by atoms with van der Waals surface area (Å²) >= 11 is 0. The highest BCUT2D eigenvalue weighted by atomic mass is 32.2. The molecule has 12 heteroatoms. The molecule has 0 radical (unpaired) electrons. The van der Waals surface area contributed by atoms with Crippen LogP contribution < -0.4 is 0 Å². The first kappa shape index (κ1) is 20.8. The van der Waals surface area contributed by atoms with E-state index >= 15 is 0 Å². The summed E-state index contributed by atoms with van der Waals surface area (Å²) in [6.45, 7) is 1.46. The molecule has 0 saturated carbocycles. The average Bonchev–Trinajstić information content (AvgIpc) is 3.49. The Bertz CT molecular complexity index is 1380. The van der Waals surface area contributed by atoms with Crippen LogP contribution in [0.25, 0.3) is 28.3 Å². The molecular formula is C20H23FN8O2S. The van der Waals surface area contributed by atoms with Crippen LogP contribution in [0.1, 0.15) is 13.3 Å². The van der Waals surface area contributed by atoms with E-state index in [1.807, 2.05) is 29.9 Å². The molecular weight excluding hydrogens is 435 g/mol. The Morgan fingerprint density at radius 1 is 1.16 bits per heavy atom. The summed E-state index contributed by atoms with van der Waals surface area (Å²) in [4.78, 5) is 9.22. The molecule has 0 aromatic carbocycles. The van der Waals surface area contributed by atoms with Crippen molar-refractivity contribution in [2.75, 3.05) is 25.5 Å². The molecule has 0 spiro atoms.